The summed E-state index contributed by atoms with van der Waals surface area (Å²) >= 11 is 11.9. The Labute approximate surface area is 142 Å². The minimum atomic E-state index is -0.823. The first-order valence-corrected chi connectivity index (χ1v) is 8.66. The molecule has 1 heterocycles. The van der Waals surface area contributed by atoms with Gasteiger partial charge in [0, 0.05) is 25.7 Å². The second-order valence-electron chi connectivity index (χ2n) is 6.57. The Morgan fingerprint density at radius 1 is 1.36 bits per heavy atom. The SMILES string of the molecule is Cc1cccc(CN2CCC(NC(=O)C3CC3(Cl)Cl)CC2)c1. The van der Waals surface area contributed by atoms with Crippen molar-refractivity contribution in [2.75, 3.05) is 13.1 Å². The van der Waals surface area contributed by atoms with Crippen LogP contribution in [-0.2, 0) is 11.3 Å². The molecule has 1 amide bonds. The molecular weight excluding hydrogens is 319 g/mol. The van der Waals surface area contributed by atoms with Crippen molar-refractivity contribution < 1.29 is 4.79 Å². The van der Waals surface area contributed by atoms with Crippen LogP contribution in [-0.4, -0.2) is 34.3 Å². The molecular formula is C17H22Cl2N2O. The van der Waals surface area contributed by atoms with Crippen molar-refractivity contribution in [1.29, 1.82) is 0 Å². The van der Waals surface area contributed by atoms with Crippen LogP contribution in [0.25, 0.3) is 0 Å². The summed E-state index contributed by atoms with van der Waals surface area (Å²) in [5.74, 6) is -0.205. The number of hydrogen-bond acceptors (Lipinski definition) is 2. The van der Waals surface area contributed by atoms with Gasteiger partial charge in [-0.05, 0) is 31.7 Å². The van der Waals surface area contributed by atoms with Crippen molar-refractivity contribution in [2.45, 2.75) is 43.1 Å². The number of alkyl halides is 2. The number of halogens is 2. The quantitative estimate of drug-likeness (QED) is 0.853. The third-order valence-electron chi connectivity index (χ3n) is 4.57. The maximum Gasteiger partial charge on any atom is 0.226 e. The Balaban J connectivity index is 1.44. The Bertz CT molecular complexity index is 553. The smallest absolute Gasteiger partial charge is 0.226 e. The topological polar surface area (TPSA) is 32.3 Å². The minimum Gasteiger partial charge on any atom is -0.353 e. The average Bonchev–Trinajstić information content (AvgIpc) is 3.10. The van der Waals surface area contributed by atoms with E-state index in [1.54, 1.807) is 0 Å². The van der Waals surface area contributed by atoms with Crippen LogP contribution < -0.4 is 5.32 Å². The fourth-order valence-electron chi connectivity index (χ4n) is 3.10. The van der Waals surface area contributed by atoms with Crippen molar-refractivity contribution in [3.05, 3.63) is 35.4 Å². The van der Waals surface area contributed by atoms with Crippen LogP contribution in [0.5, 0.6) is 0 Å². The summed E-state index contributed by atoms with van der Waals surface area (Å²) in [4.78, 5) is 14.5. The molecule has 0 radical (unpaired) electrons. The van der Waals surface area contributed by atoms with Gasteiger partial charge in [0.25, 0.3) is 0 Å². The first kappa shape index (κ1) is 16.1. The van der Waals surface area contributed by atoms with Gasteiger partial charge in [0.1, 0.15) is 4.33 Å². The maximum atomic E-state index is 12.0. The van der Waals surface area contributed by atoms with Gasteiger partial charge in [0.05, 0.1) is 5.92 Å². The summed E-state index contributed by atoms with van der Waals surface area (Å²) in [6.45, 7) is 5.13. The second kappa shape index (κ2) is 6.38. The molecule has 2 fully saturated rings. The molecule has 1 saturated heterocycles. The number of piperidine rings is 1. The van der Waals surface area contributed by atoms with Gasteiger partial charge in [-0.15, -0.1) is 23.2 Å². The molecule has 1 aromatic rings. The lowest BCUT2D eigenvalue weighted by molar-refractivity contribution is -0.123. The predicted octanol–water partition coefficient (Wildman–Crippen LogP) is 3.27. The Hall–Kier alpha value is -0.770. The summed E-state index contributed by atoms with van der Waals surface area (Å²) in [6.07, 6.45) is 2.55. The van der Waals surface area contributed by atoms with Crippen LogP contribution in [0.4, 0.5) is 0 Å². The highest BCUT2D eigenvalue weighted by atomic mass is 35.5. The van der Waals surface area contributed by atoms with E-state index in [0.29, 0.717) is 6.42 Å². The Morgan fingerprint density at radius 2 is 2.05 bits per heavy atom. The maximum absolute atomic E-state index is 12.0. The lowest BCUT2D eigenvalue weighted by atomic mass is 10.0. The number of nitrogens with one attached hydrogen (secondary N) is 1. The normalized spacial score (nSPS) is 25.0. The number of amides is 1. The van der Waals surface area contributed by atoms with Gasteiger partial charge in [-0.2, -0.15) is 0 Å². The lowest BCUT2D eigenvalue weighted by Crippen LogP contribution is -2.45. The standard InChI is InChI=1S/C17H22Cl2N2O/c1-12-3-2-4-13(9-12)11-21-7-5-14(6-8-21)20-16(22)15-10-17(15,18)19/h2-4,9,14-15H,5-8,10-11H2,1H3,(H,20,22). The first-order valence-electron chi connectivity index (χ1n) is 7.90. The van der Waals surface area contributed by atoms with Gasteiger partial charge < -0.3 is 5.32 Å². The van der Waals surface area contributed by atoms with E-state index in [2.05, 4.69) is 41.4 Å². The summed E-state index contributed by atoms with van der Waals surface area (Å²) in [5.41, 5.74) is 2.66. The van der Waals surface area contributed by atoms with Crippen LogP contribution in [0.2, 0.25) is 0 Å². The highest BCUT2D eigenvalue weighted by Crippen LogP contribution is 2.53. The fraction of sp³-hybridized carbons (Fsp3) is 0.588. The molecule has 0 spiro atoms. The fourth-order valence-corrected chi connectivity index (χ4v) is 3.61. The summed E-state index contributed by atoms with van der Waals surface area (Å²) in [5, 5.41) is 3.10. The number of likely N-dealkylation sites (tertiary alicyclic amines) is 1. The van der Waals surface area contributed by atoms with E-state index in [1.807, 2.05) is 0 Å². The van der Waals surface area contributed by atoms with Crippen molar-refractivity contribution in [3.8, 4) is 0 Å². The monoisotopic (exact) mass is 340 g/mol. The number of hydrogen-bond donors (Lipinski definition) is 1. The molecule has 3 rings (SSSR count). The molecule has 1 aliphatic heterocycles. The molecule has 1 atom stereocenters. The molecule has 120 valence electrons. The lowest BCUT2D eigenvalue weighted by Gasteiger charge is -2.32. The van der Waals surface area contributed by atoms with Crippen LogP contribution >= 0.6 is 23.2 Å². The average molecular weight is 341 g/mol. The zero-order chi connectivity index (χ0) is 15.7. The van der Waals surface area contributed by atoms with Crippen molar-refractivity contribution in [3.63, 3.8) is 0 Å². The zero-order valence-electron chi connectivity index (χ0n) is 12.8. The van der Waals surface area contributed by atoms with Gasteiger partial charge in [-0.3, -0.25) is 9.69 Å². The van der Waals surface area contributed by atoms with E-state index in [1.165, 1.54) is 11.1 Å². The van der Waals surface area contributed by atoms with E-state index < -0.39 is 4.33 Å². The number of carbonyl (C=O) groups excluding carboxylic acids is 1. The van der Waals surface area contributed by atoms with Gasteiger partial charge in [0.15, 0.2) is 0 Å². The molecule has 0 aromatic heterocycles. The van der Waals surface area contributed by atoms with Crippen molar-refractivity contribution in [2.24, 2.45) is 5.92 Å². The van der Waals surface area contributed by atoms with E-state index in [4.69, 9.17) is 23.2 Å². The molecule has 1 N–H and O–H groups in total. The van der Waals surface area contributed by atoms with Gasteiger partial charge in [-0.25, -0.2) is 0 Å². The number of carbonyl (C=O) groups is 1. The molecule has 1 aromatic carbocycles. The minimum absolute atomic E-state index is 0.0159. The summed E-state index contributed by atoms with van der Waals surface area (Å²) < 4.78 is -0.823. The van der Waals surface area contributed by atoms with Crippen molar-refractivity contribution >= 4 is 29.1 Å². The third kappa shape index (κ3) is 3.95. The van der Waals surface area contributed by atoms with Crippen LogP contribution in [0.1, 0.15) is 30.4 Å². The predicted molar refractivity (Wildman–Crippen MR) is 90.2 cm³/mol. The highest BCUT2D eigenvalue weighted by Gasteiger charge is 2.56. The number of benzene rings is 1. The molecule has 3 nitrogen and oxygen atoms in total. The third-order valence-corrected chi connectivity index (χ3v) is 5.40. The number of nitrogens with zero attached hydrogens (tertiary/aromatic N) is 1. The van der Waals surface area contributed by atoms with Gasteiger partial charge in [0.2, 0.25) is 5.91 Å². The van der Waals surface area contributed by atoms with E-state index >= 15 is 0 Å². The van der Waals surface area contributed by atoms with E-state index in [-0.39, 0.29) is 17.9 Å². The second-order valence-corrected chi connectivity index (χ2v) is 8.11. The number of aryl methyl sites for hydroxylation is 1. The first-order chi connectivity index (χ1) is 10.4. The largest absolute Gasteiger partial charge is 0.353 e. The zero-order valence-corrected chi connectivity index (χ0v) is 14.3. The van der Waals surface area contributed by atoms with Gasteiger partial charge in [-0.1, -0.05) is 29.8 Å². The van der Waals surface area contributed by atoms with Gasteiger partial charge >= 0.3 is 0 Å². The molecule has 0 bridgehead atoms. The molecule has 1 unspecified atom stereocenters. The summed E-state index contributed by atoms with van der Waals surface area (Å²) in [6, 6.07) is 8.90. The molecule has 1 aliphatic carbocycles. The van der Waals surface area contributed by atoms with Crippen LogP contribution in [0, 0.1) is 12.8 Å². The van der Waals surface area contributed by atoms with E-state index in [9.17, 15) is 4.79 Å². The Morgan fingerprint density at radius 3 is 2.64 bits per heavy atom. The van der Waals surface area contributed by atoms with E-state index in [0.717, 1.165) is 32.5 Å². The molecule has 2 aliphatic rings. The van der Waals surface area contributed by atoms with Crippen LogP contribution in [0.15, 0.2) is 24.3 Å². The molecule has 5 heteroatoms. The Kier molecular flexibility index (Phi) is 4.67. The van der Waals surface area contributed by atoms with Crippen LogP contribution in [0.3, 0.4) is 0 Å². The molecule has 1 saturated carbocycles. The molecule has 22 heavy (non-hydrogen) atoms. The number of rotatable bonds is 4. The van der Waals surface area contributed by atoms with Crippen molar-refractivity contribution in [1.82, 2.24) is 10.2 Å². The highest BCUT2D eigenvalue weighted by molar-refractivity contribution is 6.52. The summed E-state index contributed by atoms with van der Waals surface area (Å²) in [7, 11) is 0.